The Labute approximate surface area is 124 Å². The van der Waals surface area contributed by atoms with Crippen LogP contribution in [0.5, 0.6) is 0 Å². The molecule has 0 bridgehead atoms. The molecule has 2 rings (SSSR count). The van der Waals surface area contributed by atoms with Crippen molar-refractivity contribution < 1.29 is 0 Å². The standard InChI is InChI=1S/C16H20ClNS/c1-2-9-18-14(12-15-7-5-10-19-15)11-13-6-3-4-8-16(13)17/h3-8,10,14,18H,2,9,11-12H2,1H3. The zero-order valence-electron chi connectivity index (χ0n) is 11.2. The van der Waals surface area contributed by atoms with E-state index in [-0.39, 0.29) is 0 Å². The smallest absolute Gasteiger partial charge is 0.0438 e. The second kappa shape index (κ2) is 7.68. The van der Waals surface area contributed by atoms with E-state index in [4.69, 9.17) is 11.6 Å². The Morgan fingerprint density at radius 3 is 2.68 bits per heavy atom. The SMILES string of the molecule is CCCNC(Cc1cccs1)Cc1ccccc1Cl. The lowest BCUT2D eigenvalue weighted by Crippen LogP contribution is -2.33. The topological polar surface area (TPSA) is 12.0 Å². The van der Waals surface area contributed by atoms with E-state index in [1.807, 2.05) is 23.5 Å². The van der Waals surface area contributed by atoms with Crippen LogP contribution in [0.2, 0.25) is 5.02 Å². The van der Waals surface area contributed by atoms with Gasteiger partial charge in [-0.25, -0.2) is 0 Å². The van der Waals surface area contributed by atoms with Gasteiger partial charge in [0.25, 0.3) is 0 Å². The van der Waals surface area contributed by atoms with Gasteiger partial charge in [0.2, 0.25) is 0 Å². The van der Waals surface area contributed by atoms with E-state index in [0.717, 1.165) is 30.8 Å². The van der Waals surface area contributed by atoms with Gasteiger partial charge in [-0.2, -0.15) is 0 Å². The average molecular weight is 294 g/mol. The number of thiophene rings is 1. The predicted molar refractivity (Wildman–Crippen MR) is 85.3 cm³/mol. The molecule has 1 aromatic heterocycles. The largest absolute Gasteiger partial charge is 0.313 e. The summed E-state index contributed by atoms with van der Waals surface area (Å²) in [5.41, 5.74) is 1.23. The lowest BCUT2D eigenvalue weighted by Gasteiger charge is -2.18. The molecule has 102 valence electrons. The third-order valence-corrected chi connectivity index (χ3v) is 4.40. The van der Waals surface area contributed by atoms with Gasteiger partial charge in [-0.05, 0) is 48.9 Å². The highest BCUT2D eigenvalue weighted by atomic mass is 35.5. The van der Waals surface area contributed by atoms with Gasteiger partial charge >= 0.3 is 0 Å². The van der Waals surface area contributed by atoms with E-state index in [1.165, 1.54) is 10.4 Å². The van der Waals surface area contributed by atoms with Gasteiger partial charge < -0.3 is 5.32 Å². The summed E-state index contributed by atoms with van der Waals surface area (Å²) in [4.78, 5) is 1.43. The van der Waals surface area contributed by atoms with E-state index in [1.54, 1.807) is 0 Å². The Kier molecular flexibility index (Phi) is 5.90. The molecule has 0 amide bonds. The Morgan fingerprint density at radius 1 is 1.16 bits per heavy atom. The number of rotatable bonds is 7. The highest BCUT2D eigenvalue weighted by molar-refractivity contribution is 7.09. The molecule has 1 unspecified atom stereocenters. The zero-order valence-corrected chi connectivity index (χ0v) is 12.8. The fourth-order valence-electron chi connectivity index (χ4n) is 2.17. The van der Waals surface area contributed by atoms with E-state index in [9.17, 15) is 0 Å². The number of benzene rings is 1. The minimum absolute atomic E-state index is 0.457. The first-order valence-corrected chi connectivity index (χ1v) is 8.04. The van der Waals surface area contributed by atoms with Crippen molar-refractivity contribution in [3.63, 3.8) is 0 Å². The molecule has 1 heterocycles. The van der Waals surface area contributed by atoms with Gasteiger partial charge in [0.15, 0.2) is 0 Å². The number of nitrogens with one attached hydrogen (secondary N) is 1. The minimum Gasteiger partial charge on any atom is -0.313 e. The van der Waals surface area contributed by atoms with E-state index < -0.39 is 0 Å². The summed E-state index contributed by atoms with van der Waals surface area (Å²) in [6.45, 7) is 3.26. The molecule has 1 N–H and O–H groups in total. The molecule has 2 aromatic rings. The summed E-state index contributed by atoms with van der Waals surface area (Å²) in [7, 11) is 0. The van der Waals surface area contributed by atoms with Crippen LogP contribution in [-0.2, 0) is 12.8 Å². The molecule has 0 aliphatic carbocycles. The summed E-state index contributed by atoms with van der Waals surface area (Å²) in [6, 6.07) is 12.9. The molecule has 0 radical (unpaired) electrons. The van der Waals surface area contributed by atoms with E-state index >= 15 is 0 Å². The van der Waals surface area contributed by atoms with Crippen LogP contribution in [-0.4, -0.2) is 12.6 Å². The Hall–Kier alpha value is -0.830. The lowest BCUT2D eigenvalue weighted by molar-refractivity contribution is 0.507. The summed E-state index contributed by atoms with van der Waals surface area (Å²) < 4.78 is 0. The van der Waals surface area contributed by atoms with Crippen LogP contribution in [0.15, 0.2) is 41.8 Å². The van der Waals surface area contributed by atoms with Crippen molar-refractivity contribution in [1.82, 2.24) is 5.32 Å². The first-order valence-electron chi connectivity index (χ1n) is 6.78. The first kappa shape index (κ1) is 14.6. The summed E-state index contributed by atoms with van der Waals surface area (Å²) in [5.74, 6) is 0. The summed E-state index contributed by atoms with van der Waals surface area (Å²) >= 11 is 8.09. The molecule has 0 saturated carbocycles. The maximum absolute atomic E-state index is 6.26. The van der Waals surface area contributed by atoms with E-state index in [2.05, 4.69) is 41.9 Å². The van der Waals surface area contributed by atoms with Crippen LogP contribution in [0.4, 0.5) is 0 Å². The fraction of sp³-hybridized carbons (Fsp3) is 0.375. The molecule has 0 aliphatic rings. The maximum Gasteiger partial charge on any atom is 0.0438 e. The minimum atomic E-state index is 0.457. The van der Waals surface area contributed by atoms with Crippen LogP contribution >= 0.6 is 22.9 Å². The zero-order chi connectivity index (χ0) is 13.5. The van der Waals surface area contributed by atoms with E-state index in [0.29, 0.717) is 6.04 Å². The molecule has 0 fully saturated rings. The Balaban J connectivity index is 2.03. The van der Waals surface area contributed by atoms with Crippen molar-refractivity contribution in [3.05, 3.63) is 57.2 Å². The first-order chi connectivity index (χ1) is 9.29. The second-order valence-electron chi connectivity index (χ2n) is 4.73. The lowest BCUT2D eigenvalue weighted by atomic mass is 10.0. The van der Waals surface area contributed by atoms with Crippen molar-refractivity contribution in [1.29, 1.82) is 0 Å². The van der Waals surface area contributed by atoms with Crippen molar-refractivity contribution in [2.24, 2.45) is 0 Å². The van der Waals surface area contributed by atoms with Crippen LogP contribution in [0.1, 0.15) is 23.8 Å². The van der Waals surface area contributed by atoms with Gasteiger partial charge in [-0.15, -0.1) is 11.3 Å². The third-order valence-electron chi connectivity index (χ3n) is 3.13. The van der Waals surface area contributed by atoms with Gasteiger partial charge in [0.05, 0.1) is 0 Å². The molecule has 3 heteroatoms. The monoisotopic (exact) mass is 293 g/mol. The van der Waals surface area contributed by atoms with Gasteiger partial charge in [-0.1, -0.05) is 42.8 Å². The van der Waals surface area contributed by atoms with Crippen molar-refractivity contribution >= 4 is 22.9 Å². The summed E-state index contributed by atoms with van der Waals surface area (Å²) in [5, 5.41) is 6.64. The molecule has 1 nitrogen and oxygen atoms in total. The molecule has 0 spiro atoms. The van der Waals surface area contributed by atoms with Crippen LogP contribution in [0.3, 0.4) is 0 Å². The second-order valence-corrected chi connectivity index (χ2v) is 6.17. The molecule has 0 aliphatic heterocycles. The van der Waals surface area contributed by atoms with Crippen LogP contribution in [0, 0.1) is 0 Å². The van der Waals surface area contributed by atoms with Crippen molar-refractivity contribution in [2.45, 2.75) is 32.2 Å². The quantitative estimate of drug-likeness (QED) is 0.789. The average Bonchev–Trinajstić information content (AvgIpc) is 2.91. The third kappa shape index (κ3) is 4.64. The Morgan fingerprint density at radius 2 is 2.00 bits per heavy atom. The summed E-state index contributed by atoms with van der Waals surface area (Å²) in [6.07, 6.45) is 3.21. The van der Waals surface area contributed by atoms with Gasteiger partial charge in [0.1, 0.15) is 0 Å². The highest BCUT2D eigenvalue weighted by Crippen LogP contribution is 2.19. The number of hydrogen-bond acceptors (Lipinski definition) is 2. The Bertz CT molecular complexity index is 481. The molecule has 1 aromatic carbocycles. The van der Waals surface area contributed by atoms with Crippen LogP contribution < -0.4 is 5.32 Å². The fourth-order valence-corrected chi connectivity index (χ4v) is 3.17. The number of halogens is 1. The van der Waals surface area contributed by atoms with Crippen LogP contribution in [0.25, 0.3) is 0 Å². The molecule has 19 heavy (non-hydrogen) atoms. The normalized spacial score (nSPS) is 12.5. The molecule has 0 saturated heterocycles. The maximum atomic E-state index is 6.26. The molecule has 1 atom stereocenters. The predicted octanol–water partition coefficient (Wildman–Crippen LogP) is 4.55. The number of hydrogen-bond donors (Lipinski definition) is 1. The molecular weight excluding hydrogens is 274 g/mol. The van der Waals surface area contributed by atoms with Crippen molar-refractivity contribution in [3.8, 4) is 0 Å². The molecular formula is C16H20ClNS. The van der Waals surface area contributed by atoms with Gasteiger partial charge in [0, 0.05) is 15.9 Å². The van der Waals surface area contributed by atoms with Crippen molar-refractivity contribution in [2.75, 3.05) is 6.54 Å². The van der Waals surface area contributed by atoms with Gasteiger partial charge in [-0.3, -0.25) is 0 Å². The highest BCUT2D eigenvalue weighted by Gasteiger charge is 2.12.